The Morgan fingerprint density at radius 1 is 1.08 bits per heavy atom. The van der Waals surface area contributed by atoms with E-state index in [1.165, 1.54) is 73.6 Å². The molecule has 1 aromatic carbocycles. The highest BCUT2D eigenvalue weighted by molar-refractivity contribution is 8.77. The van der Waals surface area contributed by atoms with E-state index in [4.69, 9.17) is 40.1 Å². The summed E-state index contributed by atoms with van der Waals surface area (Å²) in [5.41, 5.74) is 3.47. The molecule has 83 heavy (non-hydrogen) atoms. The fourth-order valence-electron chi connectivity index (χ4n) is 9.93. The molecular formula is C58H78ClN7O15S2. The maximum absolute atomic E-state index is 14.3. The maximum Gasteiger partial charge on any atom is 0.409 e. The molecule has 22 nitrogen and oxygen atoms in total. The molecule has 2 saturated heterocycles. The van der Waals surface area contributed by atoms with Crippen LogP contribution in [0.15, 0.2) is 65.4 Å². The van der Waals surface area contributed by atoms with E-state index in [9.17, 15) is 43.8 Å². The highest BCUT2D eigenvalue weighted by Crippen LogP contribution is 2.40. The lowest BCUT2D eigenvalue weighted by molar-refractivity contribution is -0.186. The number of carbonyl (C=O) groups is 7. The number of hydrazone groups is 1. The molecule has 0 radical (unpaired) electrons. The lowest BCUT2D eigenvalue weighted by atomic mass is 9.81. The zero-order chi connectivity index (χ0) is 61.0. The molecule has 0 spiro atoms. The molecule has 1 unspecified atom stereocenters. The highest BCUT2D eigenvalue weighted by atomic mass is 35.5. The quantitative estimate of drug-likeness (QED) is 0.0460. The van der Waals surface area contributed by atoms with Gasteiger partial charge in [0.15, 0.2) is 5.72 Å². The summed E-state index contributed by atoms with van der Waals surface area (Å²) >= 11 is 6.81. The Kier molecular flexibility index (Phi) is 23.1. The number of amides is 5. The number of halogens is 1. The topological polar surface area (TPSA) is 274 Å². The molecule has 0 saturated carbocycles. The molecule has 4 bridgehead atoms. The van der Waals surface area contributed by atoms with E-state index in [1.807, 2.05) is 32.9 Å². The Bertz CT molecular complexity index is 2850. The van der Waals surface area contributed by atoms with E-state index in [0.29, 0.717) is 66.6 Å². The molecule has 7 atom stereocenters. The lowest BCUT2D eigenvalue weighted by Crippen LogP contribution is -2.63. The number of carbonyl (C=O) groups excluding carboxylic acids is 7. The van der Waals surface area contributed by atoms with Crippen LogP contribution < -0.4 is 25.1 Å². The number of aromatic nitrogens is 1. The molecule has 2 aromatic rings. The number of hydrogen-bond donors (Lipinski definition) is 4. The van der Waals surface area contributed by atoms with Gasteiger partial charge in [-0.2, -0.15) is 5.10 Å². The maximum atomic E-state index is 14.3. The van der Waals surface area contributed by atoms with Gasteiger partial charge >= 0.3 is 18.0 Å². The van der Waals surface area contributed by atoms with Crippen molar-refractivity contribution in [3.8, 4) is 11.6 Å². The summed E-state index contributed by atoms with van der Waals surface area (Å²) in [5, 5.41) is 32.2. The van der Waals surface area contributed by atoms with E-state index >= 15 is 0 Å². The number of allylic oxidation sites excluding steroid dienone is 4. The first-order valence-electron chi connectivity index (χ1n) is 27.5. The minimum Gasteiger partial charge on any atom is -0.495 e. The average Bonchev–Trinajstić information content (AvgIpc) is 3.97. The minimum atomic E-state index is -1.96. The number of likely N-dealkylation sites (N-methyl/N-ethyl adjacent to an activating group) is 1. The normalized spacial score (nSPS) is 25.3. The standard InChI is InChI=1S/C58H78ClN7O15S2/c1-34-15-12-18-45(77-11)58(75)32-44(79-55(73)61-58)35(2)31-57(7,74)46(30-51(70)65(9)42-28-38(27-34)29-43(76-10)53(42)59)80-54(72)37(4)64(8)49(68)24-26-82-83-56(5,6)33-47(67)63-62-41-17-13-16-40-39(41)21-22-48(60-40)78-25-14-19-52(71)81-66-36(3)20-23-50(66)69/h12,15,18,21-22,28-29,35,37,44-46,74-75H,3,13-14,16-17,19-20,23-27,30-33H2,1-2,4-11H3,(H,61,73)(H,63,67)/b18-12+,34-15+,62-41-/t35-,37-,44-,45+,46-,57?,58-/m0/s1. The fraction of sp³-hybridized carbons (Fsp3) is 0.569. The summed E-state index contributed by atoms with van der Waals surface area (Å²) < 4.78 is 28.1. The number of aliphatic hydroxyl groups is 2. The van der Waals surface area contributed by atoms with Crippen molar-refractivity contribution >= 4 is 86.2 Å². The van der Waals surface area contributed by atoms with Gasteiger partial charge < -0.3 is 48.5 Å². The van der Waals surface area contributed by atoms with Gasteiger partial charge in [0, 0.05) is 69.0 Å². The van der Waals surface area contributed by atoms with Crippen LogP contribution in [0.3, 0.4) is 0 Å². The number of nitrogens with zero attached hydrogens (tertiary/aromatic N) is 5. The van der Waals surface area contributed by atoms with E-state index in [-0.39, 0.29) is 67.9 Å². The number of fused-ring (bicyclic) bond motifs is 5. The van der Waals surface area contributed by atoms with Gasteiger partial charge in [-0.05, 0) is 109 Å². The number of aryl methyl sites for hydroxylation is 1. The number of methoxy groups -OCH3 is 2. The molecule has 5 amide bonds. The van der Waals surface area contributed by atoms with Crippen LogP contribution in [0.4, 0.5) is 10.5 Å². The largest absolute Gasteiger partial charge is 0.495 e. The first kappa shape index (κ1) is 66.0. The molecule has 454 valence electrons. The summed E-state index contributed by atoms with van der Waals surface area (Å²) in [6, 6.07) is 5.88. The van der Waals surface area contributed by atoms with Gasteiger partial charge in [0.2, 0.25) is 23.6 Å². The van der Waals surface area contributed by atoms with Gasteiger partial charge in [0.25, 0.3) is 5.91 Å². The van der Waals surface area contributed by atoms with E-state index in [1.54, 1.807) is 37.3 Å². The molecule has 25 heteroatoms. The second-order valence-electron chi connectivity index (χ2n) is 22.2. The number of anilines is 1. The van der Waals surface area contributed by atoms with Crippen molar-refractivity contribution in [1.82, 2.24) is 25.7 Å². The number of esters is 1. The predicted molar refractivity (Wildman–Crippen MR) is 314 cm³/mol. The third-order valence-corrected chi connectivity index (χ3v) is 18.4. The van der Waals surface area contributed by atoms with Crippen molar-refractivity contribution in [2.45, 2.75) is 165 Å². The molecule has 4 N–H and O–H groups in total. The van der Waals surface area contributed by atoms with E-state index in [2.05, 4.69) is 27.4 Å². The Hall–Kier alpha value is -6.18. The van der Waals surface area contributed by atoms with Gasteiger partial charge in [0.1, 0.15) is 35.1 Å². The summed E-state index contributed by atoms with van der Waals surface area (Å²) in [4.78, 5) is 105. The zero-order valence-electron chi connectivity index (χ0n) is 48.9. The van der Waals surface area contributed by atoms with Crippen LogP contribution in [-0.2, 0) is 60.7 Å². The molecule has 3 aliphatic heterocycles. The first-order chi connectivity index (χ1) is 39.1. The summed E-state index contributed by atoms with van der Waals surface area (Å²) in [7, 11) is 8.64. The van der Waals surface area contributed by atoms with Gasteiger partial charge in [-0.3, -0.25) is 24.5 Å². The van der Waals surface area contributed by atoms with Gasteiger partial charge in [-0.1, -0.05) is 70.5 Å². The molecular weight excluding hydrogens is 1130 g/mol. The van der Waals surface area contributed by atoms with Crippen molar-refractivity contribution in [2.75, 3.05) is 45.6 Å². The molecule has 1 aliphatic carbocycles. The summed E-state index contributed by atoms with van der Waals surface area (Å²) in [6.45, 7) is 14.2. The molecule has 4 heterocycles. The lowest BCUT2D eigenvalue weighted by Gasteiger charge is -2.43. The second-order valence-corrected chi connectivity index (χ2v) is 25.7. The van der Waals surface area contributed by atoms with Crippen molar-refractivity contribution in [3.63, 3.8) is 0 Å². The number of hydrogen-bond acceptors (Lipinski definition) is 19. The number of ether oxygens (including phenoxy) is 5. The van der Waals surface area contributed by atoms with Crippen LogP contribution in [0.5, 0.6) is 11.6 Å². The second kappa shape index (κ2) is 29.1. The summed E-state index contributed by atoms with van der Waals surface area (Å²) in [5.74, 6) is -2.66. The fourth-order valence-corrected chi connectivity index (χ4v) is 12.7. The minimum absolute atomic E-state index is 0.0248. The highest BCUT2D eigenvalue weighted by Gasteiger charge is 2.49. The van der Waals surface area contributed by atoms with Crippen LogP contribution in [0, 0.1) is 5.92 Å². The van der Waals surface area contributed by atoms with Crippen molar-refractivity contribution in [2.24, 2.45) is 11.0 Å². The molecule has 6 rings (SSSR count). The summed E-state index contributed by atoms with van der Waals surface area (Å²) in [6.07, 6.45) is 3.61. The van der Waals surface area contributed by atoms with Crippen LogP contribution in [0.25, 0.3) is 0 Å². The Balaban J connectivity index is 1.03. The zero-order valence-corrected chi connectivity index (χ0v) is 51.3. The number of alkyl carbamates (subject to hydrolysis) is 1. The number of benzene rings is 1. The number of hydroxylamine groups is 2. The predicted octanol–water partition coefficient (Wildman–Crippen LogP) is 7.44. The third kappa shape index (κ3) is 17.9. The monoisotopic (exact) mass is 1210 g/mol. The van der Waals surface area contributed by atoms with Crippen LogP contribution >= 0.6 is 33.2 Å². The number of rotatable bonds is 19. The van der Waals surface area contributed by atoms with Crippen molar-refractivity contribution in [1.29, 1.82) is 0 Å². The number of nitrogens with one attached hydrogen (secondary N) is 2. The first-order valence-corrected chi connectivity index (χ1v) is 30.2. The third-order valence-electron chi connectivity index (χ3n) is 14.8. The van der Waals surface area contributed by atoms with Gasteiger partial charge in [0.05, 0.1) is 54.9 Å². The van der Waals surface area contributed by atoms with Crippen molar-refractivity contribution in [3.05, 3.63) is 82.2 Å². The average molecular weight is 1210 g/mol. The van der Waals surface area contributed by atoms with Gasteiger partial charge in [-0.15, -0.1) is 5.06 Å². The van der Waals surface area contributed by atoms with Crippen molar-refractivity contribution < 1.29 is 72.3 Å². The Morgan fingerprint density at radius 3 is 2.53 bits per heavy atom. The number of pyridine rings is 1. The Morgan fingerprint density at radius 2 is 1.83 bits per heavy atom. The molecule has 1 aromatic heterocycles. The van der Waals surface area contributed by atoms with Crippen LogP contribution in [0.1, 0.15) is 129 Å². The molecule has 2 fully saturated rings. The van der Waals surface area contributed by atoms with E-state index < -0.39 is 76.7 Å². The molecule has 4 aliphatic rings. The SMILES string of the molecule is C=C1CCC(=O)N1OC(=O)CCCOc1ccc2c(n1)CCC/C2=N/NC(=O)CC(C)(C)SSCCC(=O)N(C)[C@@H](C)C(=O)O[C@H]1CC(=O)N(C)c2cc(cc(OC)c2Cl)C/C(C)=C/C=C/[C@@H](OC)[C@@]2(O)C[C@H](OC(=O)N2)[C@@H](C)CC1(C)O. The Labute approximate surface area is 497 Å². The van der Waals surface area contributed by atoms with Crippen LogP contribution in [0.2, 0.25) is 5.02 Å². The van der Waals surface area contributed by atoms with E-state index in [0.717, 1.165) is 33.9 Å². The van der Waals surface area contributed by atoms with Crippen LogP contribution in [-0.4, -0.2) is 154 Å². The van der Waals surface area contributed by atoms with Gasteiger partial charge in [-0.25, -0.2) is 24.8 Å². The smallest absolute Gasteiger partial charge is 0.409 e.